The molecular weight excluding hydrogens is 328 g/mol. The van der Waals surface area contributed by atoms with Gasteiger partial charge in [-0.1, -0.05) is 11.6 Å². The Bertz CT molecular complexity index is 887. The predicted octanol–water partition coefficient (Wildman–Crippen LogP) is 3.75. The van der Waals surface area contributed by atoms with Crippen molar-refractivity contribution in [1.29, 1.82) is 0 Å². The van der Waals surface area contributed by atoms with Gasteiger partial charge in [-0.3, -0.25) is 4.79 Å². The third kappa shape index (κ3) is 2.41. The predicted molar refractivity (Wildman–Crippen MR) is 82.1 cm³/mol. The van der Waals surface area contributed by atoms with Gasteiger partial charge in [-0.15, -0.1) is 0 Å². The molecule has 1 aliphatic carbocycles. The van der Waals surface area contributed by atoms with Gasteiger partial charge < -0.3 is 9.30 Å². The Morgan fingerprint density at radius 1 is 1.39 bits per heavy atom. The van der Waals surface area contributed by atoms with Crippen molar-refractivity contribution < 1.29 is 18.3 Å². The molecule has 1 aromatic carbocycles. The molecule has 2 aromatic rings. The molecule has 3 rings (SSSR count). The van der Waals surface area contributed by atoms with Crippen LogP contribution in [-0.2, 0) is 4.74 Å². The van der Waals surface area contributed by atoms with Crippen LogP contribution in [0.15, 0.2) is 11.0 Å². The molecule has 0 bridgehead atoms. The van der Waals surface area contributed by atoms with Gasteiger partial charge in [-0.2, -0.15) is 0 Å². The van der Waals surface area contributed by atoms with Crippen LogP contribution in [0.25, 0.3) is 10.9 Å². The average molecular weight is 342 g/mol. The van der Waals surface area contributed by atoms with Crippen LogP contribution >= 0.6 is 11.6 Å². The molecule has 0 radical (unpaired) electrons. The number of ether oxygens (including phenoxy) is 1. The molecule has 0 atom stereocenters. The van der Waals surface area contributed by atoms with Crippen LogP contribution in [0.4, 0.5) is 8.78 Å². The molecule has 23 heavy (non-hydrogen) atoms. The van der Waals surface area contributed by atoms with Crippen LogP contribution in [0.1, 0.15) is 41.7 Å². The van der Waals surface area contributed by atoms with E-state index in [0.29, 0.717) is 0 Å². The number of aromatic nitrogens is 1. The van der Waals surface area contributed by atoms with Gasteiger partial charge in [0.25, 0.3) is 0 Å². The maximum atomic E-state index is 14.0. The highest BCUT2D eigenvalue weighted by molar-refractivity contribution is 6.35. The van der Waals surface area contributed by atoms with Crippen molar-refractivity contribution in [2.45, 2.75) is 32.7 Å². The maximum absolute atomic E-state index is 14.0. The lowest BCUT2D eigenvalue weighted by molar-refractivity contribution is 0.0524. The Morgan fingerprint density at radius 2 is 2.04 bits per heavy atom. The Hall–Kier alpha value is -1.95. The summed E-state index contributed by atoms with van der Waals surface area (Å²) in [5.74, 6) is -3.15. The Morgan fingerprint density at radius 3 is 2.61 bits per heavy atom. The van der Waals surface area contributed by atoms with E-state index in [9.17, 15) is 18.4 Å². The number of fused-ring (bicyclic) bond motifs is 1. The fraction of sp³-hybridized carbons (Fsp3) is 0.375. The molecule has 122 valence electrons. The number of rotatable bonds is 3. The highest BCUT2D eigenvalue weighted by Crippen LogP contribution is 2.40. The minimum Gasteiger partial charge on any atom is -0.462 e. The number of hydrogen-bond donors (Lipinski definition) is 0. The zero-order valence-corrected chi connectivity index (χ0v) is 13.3. The highest BCUT2D eigenvalue weighted by atomic mass is 35.5. The number of esters is 1. The summed E-state index contributed by atoms with van der Waals surface area (Å²) < 4.78 is 34.5. The Balaban J connectivity index is 2.46. The second kappa shape index (κ2) is 5.60. The van der Waals surface area contributed by atoms with Gasteiger partial charge >= 0.3 is 5.97 Å². The van der Waals surface area contributed by atoms with Crippen LogP contribution in [0.5, 0.6) is 0 Å². The lowest BCUT2D eigenvalue weighted by Gasteiger charge is -2.16. The summed E-state index contributed by atoms with van der Waals surface area (Å²) in [6.45, 7) is 3.03. The van der Waals surface area contributed by atoms with Crippen LogP contribution in [0.3, 0.4) is 0 Å². The van der Waals surface area contributed by atoms with Gasteiger partial charge in [0.2, 0.25) is 5.43 Å². The van der Waals surface area contributed by atoms with Crippen LogP contribution < -0.4 is 5.43 Å². The third-order valence-corrected chi connectivity index (χ3v) is 4.31. The molecule has 4 nitrogen and oxygen atoms in total. The molecule has 0 unspecified atom stereocenters. The van der Waals surface area contributed by atoms with Crippen molar-refractivity contribution in [3.63, 3.8) is 0 Å². The zero-order chi connectivity index (χ0) is 16.9. The third-order valence-electron chi connectivity index (χ3n) is 3.97. The number of halogens is 3. The van der Waals surface area contributed by atoms with Gasteiger partial charge in [-0.25, -0.2) is 13.6 Å². The minimum atomic E-state index is -1.19. The summed E-state index contributed by atoms with van der Waals surface area (Å²) in [7, 11) is 0. The fourth-order valence-electron chi connectivity index (χ4n) is 2.67. The van der Waals surface area contributed by atoms with Crippen molar-refractivity contribution in [3.8, 4) is 0 Å². The van der Waals surface area contributed by atoms with Crippen molar-refractivity contribution >= 4 is 28.5 Å². The van der Waals surface area contributed by atoms with Crippen LogP contribution in [0.2, 0.25) is 5.02 Å². The first-order chi connectivity index (χ1) is 10.9. The highest BCUT2D eigenvalue weighted by Gasteiger charge is 2.30. The van der Waals surface area contributed by atoms with Gasteiger partial charge in [0, 0.05) is 17.8 Å². The fourth-order valence-corrected chi connectivity index (χ4v) is 2.95. The Kier molecular flexibility index (Phi) is 3.88. The molecule has 0 amide bonds. The maximum Gasteiger partial charge on any atom is 0.343 e. The average Bonchev–Trinajstić information content (AvgIpc) is 3.35. The molecular formula is C16H14ClF2NO3. The largest absolute Gasteiger partial charge is 0.462 e. The monoisotopic (exact) mass is 341 g/mol. The molecule has 1 heterocycles. The van der Waals surface area contributed by atoms with Crippen molar-refractivity contribution in [1.82, 2.24) is 4.57 Å². The van der Waals surface area contributed by atoms with E-state index < -0.39 is 28.1 Å². The molecule has 0 aliphatic heterocycles. The quantitative estimate of drug-likeness (QED) is 0.631. The van der Waals surface area contributed by atoms with E-state index in [4.69, 9.17) is 16.3 Å². The van der Waals surface area contributed by atoms with E-state index in [2.05, 4.69) is 0 Å². The van der Waals surface area contributed by atoms with Crippen molar-refractivity contribution in [2.75, 3.05) is 6.61 Å². The standard InChI is InChI=1S/C16H14ClF2NO3/c1-3-23-16(22)9-6-20(8-4-5-8)14-10(15(9)21)7(2)12(18)13(19)11(14)17/h6,8H,3-5H2,1-2H3. The van der Waals surface area contributed by atoms with Gasteiger partial charge in [0.05, 0.1) is 17.5 Å². The van der Waals surface area contributed by atoms with Gasteiger partial charge in [0.1, 0.15) is 10.6 Å². The van der Waals surface area contributed by atoms with E-state index in [0.717, 1.165) is 12.8 Å². The van der Waals surface area contributed by atoms with Gasteiger partial charge in [-0.05, 0) is 26.7 Å². The van der Waals surface area contributed by atoms with E-state index in [1.807, 2.05) is 0 Å². The summed E-state index contributed by atoms with van der Waals surface area (Å²) in [6.07, 6.45) is 2.96. The van der Waals surface area contributed by atoms with Gasteiger partial charge in [0.15, 0.2) is 11.6 Å². The smallest absolute Gasteiger partial charge is 0.343 e. The molecule has 0 saturated heterocycles. The summed E-state index contributed by atoms with van der Waals surface area (Å²) >= 11 is 5.95. The van der Waals surface area contributed by atoms with Crippen molar-refractivity contribution in [2.24, 2.45) is 0 Å². The van der Waals surface area contributed by atoms with E-state index >= 15 is 0 Å². The SMILES string of the molecule is CCOC(=O)c1cn(C2CC2)c2c(Cl)c(F)c(F)c(C)c2c1=O. The lowest BCUT2D eigenvalue weighted by Crippen LogP contribution is -2.22. The topological polar surface area (TPSA) is 48.3 Å². The second-order valence-corrected chi connectivity index (χ2v) is 5.90. The molecule has 0 N–H and O–H groups in total. The number of carbonyl (C=O) groups is 1. The van der Waals surface area contributed by atoms with E-state index in [1.54, 1.807) is 11.5 Å². The van der Waals surface area contributed by atoms with E-state index in [1.165, 1.54) is 13.1 Å². The number of benzene rings is 1. The number of hydrogen-bond acceptors (Lipinski definition) is 3. The Labute approximate surface area is 135 Å². The van der Waals surface area contributed by atoms with Crippen LogP contribution in [-0.4, -0.2) is 17.1 Å². The van der Waals surface area contributed by atoms with Crippen LogP contribution in [0, 0.1) is 18.6 Å². The molecule has 1 aliphatic rings. The number of pyridine rings is 1. The first-order valence-electron chi connectivity index (χ1n) is 7.27. The van der Waals surface area contributed by atoms with Crippen molar-refractivity contribution in [3.05, 3.63) is 44.2 Å². The first-order valence-corrected chi connectivity index (χ1v) is 7.65. The second-order valence-electron chi connectivity index (χ2n) is 5.52. The van der Waals surface area contributed by atoms with E-state index in [-0.39, 0.29) is 34.7 Å². The molecule has 7 heteroatoms. The molecule has 1 fully saturated rings. The summed E-state index contributed by atoms with van der Waals surface area (Å²) in [6, 6.07) is 0.00744. The number of carbonyl (C=O) groups excluding carboxylic acids is 1. The summed E-state index contributed by atoms with van der Waals surface area (Å²) in [5.41, 5.74) is -0.930. The molecule has 1 saturated carbocycles. The molecule has 1 aromatic heterocycles. The first kappa shape index (κ1) is 15.9. The minimum absolute atomic E-state index is 0.00744. The number of aryl methyl sites for hydroxylation is 1. The summed E-state index contributed by atoms with van der Waals surface area (Å²) in [4.78, 5) is 24.6. The molecule has 0 spiro atoms. The normalized spacial score (nSPS) is 14.3. The zero-order valence-electron chi connectivity index (χ0n) is 12.6. The number of nitrogens with zero attached hydrogens (tertiary/aromatic N) is 1. The summed E-state index contributed by atoms with van der Waals surface area (Å²) in [5, 5.41) is -0.520. The lowest BCUT2D eigenvalue weighted by atomic mass is 10.0.